The van der Waals surface area contributed by atoms with E-state index in [1.54, 1.807) is 5.57 Å². The zero-order chi connectivity index (χ0) is 46.2. The summed E-state index contributed by atoms with van der Waals surface area (Å²) in [6.07, 6.45) is 16.5. The fourth-order valence-electron chi connectivity index (χ4n) is 9.14. The Hall–Kier alpha value is -6.49. The summed E-state index contributed by atoms with van der Waals surface area (Å²) in [5, 5.41) is 14.4. The van der Waals surface area contributed by atoms with E-state index in [0.29, 0.717) is 0 Å². The molecule has 4 heteroatoms. The van der Waals surface area contributed by atoms with Gasteiger partial charge in [-0.3, -0.25) is 0 Å². The third-order valence-electron chi connectivity index (χ3n) is 12.5. The van der Waals surface area contributed by atoms with Crippen LogP contribution in [0.5, 0.6) is 0 Å². The van der Waals surface area contributed by atoms with Crippen molar-refractivity contribution in [2.45, 2.75) is 104 Å². The van der Waals surface area contributed by atoms with Gasteiger partial charge in [-0.15, -0.1) is 0 Å². The van der Waals surface area contributed by atoms with Crippen LogP contribution in [0.25, 0.3) is 60.5 Å². The number of nitrogens with one attached hydrogen (secondary N) is 2. The molecule has 65 heavy (non-hydrogen) atoms. The van der Waals surface area contributed by atoms with E-state index >= 15 is 0 Å². The lowest BCUT2D eigenvalue weighted by molar-refractivity contribution is 0.466. The molecule has 0 radical (unpaired) electrons. The lowest BCUT2D eigenvalue weighted by atomic mass is 9.86. The summed E-state index contributed by atoms with van der Waals surface area (Å²) in [7, 11) is 0. The summed E-state index contributed by atoms with van der Waals surface area (Å²) in [6, 6.07) is 57.4. The van der Waals surface area contributed by atoms with Crippen molar-refractivity contribution in [3.63, 3.8) is 0 Å². The number of para-hydroxylation sites is 1. The molecule has 0 saturated heterocycles. The number of fused-ring (bicyclic) bond motifs is 4. The van der Waals surface area contributed by atoms with Crippen molar-refractivity contribution >= 4 is 45.0 Å². The minimum Gasteiger partial charge on any atom is -0.379 e. The van der Waals surface area contributed by atoms with Crippen molar-refractivity contribution in [2.75, 3.05) is 5.32 Å². The minimum absolute atomic E-state index is 0.0291. The Morgan fingerprint density at radius 3 is 2.00 bits per heavy atom. The van der Waals surface area contributed by atoms with Crippen molar-refractivity contribution in [3.05, 3.63) is 193 Å². The molecule has 1 aromatic heterocycles. The number of benzene rings is 7. The first kappa shape index (κ1) is 48.0. The van der Waals surface area contributed by atoms with Crippen LogP contribution in [0.1, 0.15) is 104 Å². The van der Waals surface area contributed by atoms with Crippen molar-refractivity contribution in [1.29, 1.82) is 5.41 Å². The van der Waals surface area contributed by atoms with Crippen LogP contribution >= 0.6 is 0 Å². The number of allylic oxidation sites excluding steroid dienone is 3. The Balaban J connectivity index is 0.000000478. The van der Waals surface area contributed by atoms with Gasteiger partial charge in [0.25, 0.3) is 0 Å². The molecule has 0 spiro atoms. The molecule has 2 aliphatic carbocycles. The highest BCUT2D eigenvalue weighted by Gasteiger charge is 2.25. The van der Waals surface area contributed by atoms with Crippen molar-refractivity contribution in [2.24, 2.45) is 5.73 Å². The van der Waals surface area contributed by atoms with E-state index in [2.05, 4.69) is 200 Å². The first-order valence-corrected chi connectivity index (χ1v) is 23.9. The molecular weight excluding hydrogens is 789 g/mol. The lowest BCUT2D eigenvalue weighted by Gasteiger charge is -2.34. The van der Waals surface area contributed by atoms with Crippen LogP contribution in [-0.2, 0) is 6.42 Å². The number of hydrogen-bond donors (Lipinski definition) is 3. The summed E-state index contributed by atoms with van der Waals surface area (Å²) in [4.78, 5) is 0. The van der Waals surface area contributed by atoms with E-state index < -0.39 is 0 Å². The zero-order valence-corrected chi connectivity index (χ0v) is 39.7. The highest BCUT2D eigenvalue weighted by atomic mass is 15.0. The van der Waals surface area contributed by atoms with E-state index in [9.17, 15) is 0 Å². The molecule has 10 rings (SSSR count). The average Bonchev–Trinajstić information content (AvgIpc) is 3.70. The molecule has 2 atom stereocenters. The number of aromatic nitrogens is 1. The Morgan fingerprint density at radius 2 is 1.31 bits per heavy atom. The van der Waals surface area contributed by atoms with Gasteiger partial charge in [-0.25, -0.2) is 0 Å². The predicted molar refractivity (Wildman–Crippen MR) is 286 cm³/mol. The molecule has 0 bridgehead atoms. The largest absolute Gasteiger partial charge is 0.379 e. The molecule has 0 aliphatic heterocycles. The second kappa shape index (κ2) is 23.4. The number of rotatable bonds is 8. The van der Waals surface area contributed by atoms with Crippen molar-refractivity contribution in [1.82, 2.24) is 4.57 Å². The quantitative estimate of drug-likeness (QED) is 0.105. The third-order valence-corrected chi connectivity index (χ3v) is 12.5. The topological polar surface area (TPSA) is 66.8 Å². The monoisotopic (exact) mass is 859 g/mol. The Kier molecular flexibility index (Phi) is 17.3. The SMILES string of the molecule is C=N.CC.CC.CC1(Nc2ccc(-c3ccc4c5ccccc5n(-c5ccc6cc(CC(N)c7ccccc7)ccc6c5)c4c3)cc2-c2ccccc2)CC=CCC1.CC1=CCCCC1. The van der Waals surface area contributed by atoms with Gasteiger partial charge in [0.05, 0.1) is 11.0 Å². The van der Waals surface area contributed by atoms with Gasteiger partial charge >= 0.3 is 0 Å². The summed E-state index contributed by atoms with van der Waals surface area (Å²) in [5.74, 6) is 0. The zero-order valence-electron chi connectivity index (χ0n) is 39.7. The van der Waals surface area contributed by atoms with Crippen molar-refractivity contribution in [3.8, 4) is 27.9 Å². The summed E-state index contributed by atoms with van der Waals surface area (Å²) in [6.45, 7) is 15.1. The van der Waals surface area contributed by atoms with Gasteiger partial charge in [-0.1, -0.05) is 173 Å². The van der Waals surface area contributed by atoms with Crippen LogP contribution in [0.4, 0.5) is 5.69 Å². The van der Waals surface area contributed by atoms with E-state index in [4.69, 9.17) is 11.1 Å². The van der Waals surface area contributed by atoms with E-state index in [1.807, 2.05) is 33.8 Å². The molecule has 2 aliphatic rings. The van der Waals surface area contributed by atoms with Crippen LogP contribution in [0.15, 0.2) is 182 Å². The fraction of sp³-hybridized carbons (Fsp3) is 0.262. The van der Waals surface area contributed by atoms with Crippen LogP contribution in [0.3, 0.4) is 0 Å². The maximum Gasteiger partial charge on any atom is 0.0547 e. The van der Waals surface area contributed by atoms with Gasteiger partial charge in [0.1, 0.15) is 0 Å². The lowest BCUT2D eigenvalue weighted by Crippen LogP contribution is -2.35. The Morgan fingerprint density at radius 1 is 0.646 bits per heavy atom. The third kappa shape index (κ3) is 11.6. The summed E-state index contributed by atoms with van der Waals surface area (Å²) >= 11 is 0. The first-order chi connectivity index (χ1) is 31.9. The fourth-order valence-corrected chi connectivity index (χ4v) is 9.14. The van der Waals surface area contributed by atoms with Gasteiger partial charge in [0.2, 0.25) is 0 Å². The number of anilines is 1. The number of hydrogen-bond acceptors (Lipinski definition) is 3. The molecule has 334 valence electrons. The second-order valence-corrected chi connectivity index (χ2v) is 17.0. The van der Waals surface area contributed by atoms with Crippen molar-refractivity contribution < 1.29 is 0 Å². The second-order valence-electron chi connectivity index (χ2n) is 17.0. The van der Waals surface area contributed by atoms with E-state index in [-0.39, 0.29) is 11.6 Å². The Bertz CT molecular complexity index is 2810. The molecule has 0 amide bonds. The maximum atomic E-state index is 6.60. The highest BCUT2D eigenvalue weighted by molar-refractivity contribution is 6.10. The molecular formula is C61H70N4. The summed E-state index contributed by atoms with van der Waals surface area (Å²) in [5.41, 5.74) is 20.2. The molecule has 7 aromatic carbocycles. The van der Waals surface area contributed by atoms with Gasteiger partial charge in [0, 0.05) is 39.3 Å². The van der Waals surface area contributed by atoms with Crippen LogP contribution in [0.2, 0.25) is 0 Å². The molecule has 1 heterocycles. The van der Waals surface area contributed by atoms with Gasteiger partial charge < -0.3 is 21.0 Å². The van der Waals surface area contributed by atoms with E-state index in [0.717, 1.165) is 31.4 Å². The smallest absolute Gasteiger partial charge is 0.0547 e. The number of nitrogens with zero attached hydrogens (tertiary/aromatic N) is 1. The van der Waals surface area contributed by atoms with Crippen LogP contribution < -0.4 is 11.1 Å². The maximum absolute atomic E-state index is 6.60. The van der Waals surface area contributed by atoms with E-state index in [1.165, 1.54) is 97.3 Å². The summed E-state index contributed by atoms with van der Waals surface area (Å²) < 4.78 is 2.43. The van der Waals surface area contributed by atoms with Gasteiger partial charge in [0.15, 0.2) is 0 Å². The van der Waals surface area contributed by atoms with Crippen LogP contribution in [0, 0.1) is 5.41 Å². The minimum atomic E-state index is -0.0291. The standard InChI is InChI=1S/C49H43N3.C7H12.2C2H6.CH3N/c1-49(27-11-4-12-28-49)51-46-26-23-39(32-44(46)35-13-5-2-6-14-35)40-22-25-43-42-17-9-10-18-47(42)52(48(43)33-40)41-24-21-37-29-34(19-20-38(37)31-41)30-45(50)36-15-7-3-8-16-36;1-7-5-3-2-4-6-7;3*1-2/h2-11,13-26,29,31-33,45,51H,12,27-28,30,50H2,1H3;5H,2-4,6H2,1H3;2*1-2H3;2H,1H2. The molecule has 4 nitrogen and oxygen atoms in total. The van der Waals surface area contributed by atoms with Gasteiger partial charge in [-0.05, 0) is 147 Å². The molecule has 4 N–H and O–H groups in total. The predicted octanol–water partition coefficient (Wildman–Crippen LogP) is 17.2. The van der Waals surface area contributed by atoms with Gasteiger partial charge in [-0.2, -0.15) is 0 Å². The number of nitrogens with two attached hydrogens (primary N) is 1. The Labute approximate surface area is 389 Å². The van der Waals surface area contributed by atoms with Crippen LogP contribution in [-0.4, -0.2) is 16.8 Å². The molecule has 0 fully saturated rings. The first-order valence-electron chi connectivity index (χ1n) is 23.9. The molecule has 0 saturated carbocycles. The molecule has 2 unspecified atom stereocenters. The molecule has 8 aromatic rings. The normalized spacial score (nSPS) is 15.7. The average molecular weight is 859 g/mol. The highest BCUT2D eigenvalue weighted by Crippen LogP contribution is 2.40.